The molecule has 1 saturated heterocycles. The van der Waals surface area contributed by atoms with Crippen molar-refractivity contribution in [3.63, 3.8) is 0 Å². The number of aromatic amines is 1. The monoisotopic (exact) mass is 348 g/mol. The molecule has 2 heterocycles. The van der Waals surface area contributed by atoms with E-state index < -0.39 is 29.7 Å². The van der Waals surface area contributed by atoms with Crippen molar-refractivity contribution in [1.29, 1.82) is 0 Å². The number of nitrogens with zero attached hydrogens (tertiary/aromatic N) is 1. The van der Waals surface area contributed by atoms with Gasteiger partial charge in [0.2, 0.25) is 0 Å². The Kier molecular flexibility index (Phi) is 5.32. The van der Waals surface area contributed by atoms with Crippen molar-refractivity contribution < 1.29 is 19.3 Å². The highest BCUT2D eigenvalue weighted by Crippen LogP contribution is 2.27. The fourth-order valence-corrected chi connectivity index (χ4v) is 2.70. The topological polar surface area (TPSA) is 103 Å². The van der Waals surface area contributed by atoms with Gasteiger partial charge in [-0.25, -0.2) is 4.79 Å². The standard InChI is InChI=1S/C17H20N2O6/c1-23-12-4-2-11(3-5-12)9-24-10-14-13(20)8-16(25-14)19-7-6-15(21)18-17(19)22/h2-7,13-14,16,20H,8-10H2,1H3,(H,18,21,22)/t13-,14+,16+/m0/s1. The maximum atomic E-state index is 11.8. The summed E-state index contributed by atoms with van der Waals surface area (Å²) >= 11 is 0. The summed E-state index contributed by atoms with van der Waals surface area (Å²) in [6, 6.07) is 8.72. The van der Waals surface area contributed by atoms with Crippen LogP contribution >= 0.6 is 0 Å². The van der Waals surface area contributed by atoms with E-state index in [2.05, 4.69) is 4.98 Å². The first-order valence-electron chi connectivity index (χ1n) is 7.92. The van der Waals surface area contributed by atoms with Crippen LogP contribution in [0.3, 0.4) is 0 Å². The van der Waals surface area contributed by atoms with Gasteiger partial charge in [-0.1, -0.05) is 12.1 Å². The number of nitrogens with one attached hydrogen (secondary N) is 1. The molecule has 134 valence electrons. The van der Waals surface area contributed by atoms with Crippen LogP contribution in [-0.4, -0.2) is 40.6 Å². The summed E-state index contributed by atoms with van der Waals surface area (Å²) in [6.07, 6.45) is -0.308. The molecule has 1 aliphatic heterocycles. The van der Waals surface area contributed by atoms with Crippen LogP contribution in [0.25, 0.3) is 0 Å². The van der Waals surface area contributed by atoms with Crippen molar-refractivity contribution >= 4 is 0 Å². The number of aliphatic hydroxyl groups excluding tert-OH is 1. The minimum Gasteiger partial charge on any atom is -0.497 e. The fraction of sp³-hybridized carbons (Fsp3) is 0.412. The Balaban J connectivity index is 1.55. The maximum absolute atomic E-state index is 11.8. The molecule has 0 unspecified atom stereocenters. The first-order chi connectivity index (χ1) is 12.1. The van der Waals surface area contributed by atoms with Crippen LogP contribution in [0.1, 0.15) is 18.2 Å². The molecular weight excluding hydrogens is 328 g/mol. The van der Waals surface area contributed by atoms with E-state index in [0.29, 0.717) is 6.61 Å². The van der Waals surface area contributed by atoms with Crippen molar-refractivity contribution in [3.8, 4) is 5.75 Å². The zero-order chi connectivity index (χ0) is 17.8. The summed E-state index contributed by atoms with van der Waals surface area (Å²) in [5.41, 5.74) is -0.0645. The second kappa shape index (κ2) is 7.64. The molecule has 0 aliphatic carbocycles. The molecule has 3 rings (SSSR count). The largest absolute Gasteiger partial charge is 0.497 e. The van der Waals surface area contributed by atoms with Crippen LogP contribution in [0.2, 0.25) is 0 Å². The molecule has 1 aliphatic rings. The van der Waals surface area contributed by atoms with Crippen LogP contribution in [-0.2, 0) is 16.1 Å². The van der Waals surface area contributed by atoms with Crippen molar-refractivity contribution in [2.24, 2.45) is 0 Å². The Hall–Kier alpha value is -2.42. The molecule has 0 spiro atoms. The summed E-state index contributed by atoms with van der Waals surface area (Å²) in [5.74, 6) is 0.771. The Morgan fingerprint density at radius 1 is 1.28 bits per heavy atom. The molecule has 2 N–H and O–H groups in total. The molecule has 0 radical (unpaired) electrons. The first-order valence-corrected chi connectivity index (χ1v) is 7.92. The van der Waals surface area contributed by atoms with Crippen molar-refractivity contribution in [1.82, 2.24) is 9.55 Å². The van der Waals surface area contributed by atoms with Gasteiger partial charge < -0.3 is 19.3 Å². The van der Waals surface area contributed by atoms with Gasteiger partial charge in [0.05, 0.1) is 26.4 Å². The molecule has 3 atom stereocenters. The number of hydrogen-bond donors (Lipinski definition) is 2. The van der Waals surface area contributed by atoms with Crippen LogP contribution in [0.4, 0.5) is 0 Å². The third kappa shape index (κ3) is 4.16. The van der Waals surface area contributed by atoms with Crippen LogP contribution in [0.5, 0.6) is 5.75 Å². The number of aliphatic hydroxyl groups is 1. The Morgan fingerprint density at radius 2 is 2.04 bits per heavy atom. The minimum atomic E-state index is -0.750. The summed E-state index contributed by atoms with van der Waals surface area (Å²) in [4.78, 5) is 25.1. The Morgan fingerprint density at radius 3 is 2.72 bits per heavy atom. The maximum Gasteiger partial charge on any atom is 0.330 e. The summed E-state index contributed by atoms with van der Waals surface area (Å²) in [7, 11) is 1.61. The Bertz CT molecular complexity index is 813. The van der Waals surface area contributed by atoms with E-state index in [4.69, 9.17) is 14.2 Å². The lowest BCUT2D eigenvalue weighted by atomic mass is 10.2. The van der Waals surface area contributed by atoms with E-state index in [0.717, 1.165) is 11.3 Å². The molecule has 1 aromatic heterocycles. The van der Waals surface area contributed by atoms with Gasteiger partial charge in [-0.05, 0) is 17.7 Å². The third-order valence-electron chi connectivity index (χ3n) is 4.08. The quantitative estimate of drug-likeness (QED) is 0.784. The summed E-state index contributed by atoms with van der Waals surface area (Å²) in [5, 5.41) is 10.1. The number of benzene rings is 1. The second-order valence-corrected chi connectivity index (χ2v) is 5.81. The van der Waals surface area contributed by atoms with Crippen molar-refractivity contribution in [2.45, 2.75) is 31.5 Å². The highest BCUT2D eigenvalue weighted by atomic mass is 16.6. The predicted molar refractivity (Wildman–Crippen MR) is 88.5 cm³/mol. The normalized spacial score (nSPS) is 22.9. The van der Waals surface area contributed by atoms with Crippen molar-refractivity contribution in [3.05, 3.63) is 62.9 Å². The molecule has 2 aromatic rings. The molecule has 0 saturated carbocycles. The number of hydrogen-bond acceptors (Lipinski definition) is 6. The first kappa shape index (κ1) is 17.4. The Labute approximate surface area is 143 Å². The molecule has 0 amide bonds. The lowest BCUT2D eigenvalue weighted by Crippen LogP contribution is -2.31. The van der Waals surface area contributed by atoms with Gasteiger partial charge in [-0.2, -0.15) is 0 Å². The minimum absolute atomic E-state index is 0.196. The van der Waals surface area contributed by atoms with E-state index in [1.165, 1.54) is 16.8 Å². The fourth-order valence-electron chi connectivity index (χ4n) is 2.70. The average molecular weight is 348 g/mol. The number of H-pyrrole nitrogens is 1. The van der Waals surface area contributed by atoms with Crippen LogP contribution in [0, 0.1) is 0 Å². The van der Waals surface area contributed by atoms with Gasteiger partial charge in [-0.15, -0.1) is 0 Å². The second-order valence-electron chi connectivity index (χ2n) is 5.81. The van der Waals surface area contributed by atoms with Crippen LogP contribution in [0.15, 0.2) is 46.1 Å². The van der Waals surface area contributed by atoms with E-state index in [1.807, 2.05) is 24.3 Å². The lowest BCUT2D eigenvalue weighted by molar-refractivity contribution is -0.0667. The van der Waals surface area contributed by atoms with Gasteiger partial charge >= 0.3 is 5.69 Å². The third-order valence-corrected chi connectivity index (χ3v) is 4.08. The highest BCUT2D eigenvalue weighted by Gasteiger charge is 2.35. The van der Waals surface area contributed by atoms with Gasteiger partial charge in [0.25, 0.3) is 5.56 Å². The molecule has 0 bridgehead atoms. The number of ether oxygens (including phenoxy) is 3. The van der Waals surface area contributed by atoms with Gasteiger partial charge in [-0.3, -0.25) is 14.3 Å². The van der Waals surface area contributed by atoms with E-state index >= 15 is 0 Å². The average Bonchev–Trinajstić information content (AvgIpc) is 2.96. The zero-order valence-electron chi connectivity index (χ0n) is 13.8. The number of rotatable bonds is 6. The van der Waals surface area contributed by atoms with Crippen LogP contribution < -0.4 is 16.0 Å². The van der Waals surface area contributed by atoms with E-state index in [9.17, 15) is 14.7 Å². The van der Waals surface area contributed by atoms with Gasteiger partial charge in [0.1, 0.15) is 18.1 Å². The summed E-state index contributed by atoms with van der Waals surface area (Å²) < 4.78 is 17.7. The molecular formula is C17H20N2O6. The molecule has 1 fully saturated rings. The van der Waals surface area contributed by atoms with Gasteiger partial charge in [0, 0.05) is 18.7 Å². The molecule has 8 heteroatoms. The SMILES string of the molecule is COc1ccc(COC[C@H]2O[C@@H](n3ccc(=O)[nH]c3=O)C[C@@H]2O)cc1. The highest BCUT2D eigenvalue weighted by molar-refractivity contribution is 5.26. The lowest BCUT2D eigenvalue weighted by Gasteiger charge is -2.16. The molecule has 1 aromatic carbocycles. The summed E-state index contributed by atoms with van der Waals surface area (Å²) in [6.45, 7) is 0.571. The van der Waals surface area contributed by atoms with E-state index in [1.54, 1.807) is 7.11 Å². The molecule has 8 nitrogen and oxygen atoms in total. The number of aromatic nitrogens is 2. The zero-order valence-corrected chi connectivity index (χ0v) is 13.8. The van der Waals surface area contributed by atoms with Gasteiger partial charge in [0.15, 0.2) is 0 Å². The smallest absolute Gasteiger partial charge is 0.330 e. The van der Waals surface area contributed by atoms with E-state index in [-0.39, 0.29) is 13.0 Å². The van der Waals surface area contributed by atoms with Crippen molar-refractivity contribution in [2.75, 3.05) is 13.7 Å². The number of methoxy groups -OCH3 is 1. The molecule has 25 heavy (non-hydrogen) atoms. The predicted octanol–water partition coefficient (Wildman–Crippen LogP) is 0.410.